The van der Waals surface area contributed by atoms with Crippen molar-refractivity contribution in [1.82, 2.24) is 14.5 Å². The van der Waals surface area contributed by atoms with E-state index in [9.17, 15) is 4.79 Å². The number of anilines is 1. The molecule has 0 saturated carbocycles. The van der Waals surface area contributed by atoms with Crippen molar-refractivity contribution in [1.29, 1.82) is 0 Å². The van der Waals surface area contributed by atoms with Crippen LogP contribution in [0, 0.1) is 5.92 Å². The summed E-state index contributed by atoms with van der Waals surface area (Å²) < 4.78 is 7.88. The average molecular weight is 385 g/mol. The van der Waals surface area contributed by atoms with Gasteiger partial charge in [0, 0.05) is 24.9 Å². The molecule has 1 N–H and O–H groups in total. The van der Waals surface area contributed by atoms with Crippen molar-refractivity contribution in [3.05, 3.63) is 42.5 Å². The van der Waals surface area contributed by atoms with Crippen molar-refractivity contribution >= 4 is 11.6 Å². The maximum absolute atomic E-state index is 12.5. The van der Waals surface area contributed by atoms with Crippen LogP contribution in [-0.2, 0) is 11.3 Å². The minimum absolute atomic E-state index is 0.0160. The van der Waals surface area contributed by atoms with Gasteiger partial charge in [0.1, 0.15) is 11.6 Å². The summed E-state index contributed by atoms with van der Waals surface area (Å²) >= 11 is 0. The lowest BCUT2D eigenvalue weighted by Gasteiger charge is -2.32. The molecule has 3 rings (SSSR count). The number of amides is 1. The molecule has 1 aromatic heterocycles. The van der Waals surface area contributed by atoms with Gasteiger partial charge in [0.2, 0.25) is 5.91 Å². The largest absolute Gasteiger partial charge is 0.492 e. The van der Waals surface area contributed by atoms with Crippen molar-refractivity contribution in [3.63, 3.8) is 0 Å². The Morgan fingerprint density at radius 2 is 2.04 bits per heavy atom. The molecule has 1 aromatic carbocycles. The molecule has 0 spiro atoms. The van der Waals surface area contributed by atoms with Gasteiger partial charge in [0.15, 0.2) is 0 Å². The van der Waals surface area contributed by atoms with E-state index in [1.54, 1.807) is 0 Å². The number of piperidine rings is 1. The number of rotatable bonds is 8. The minimum Gasteiger partial charge on any atom is -0.492 e. The van der Waals surface area contributed by atoms with E-state index in [1.807, 2.05) is 37.4 Å². The van der Waals surface area contributed by atoms with Crippen molar-refractivity contribution in [2.75, 3.05) is 31.6 Å². The summed E-state index contributed by atoms with van der Waals surface area (Å²) in [6.07, 6.45) is 6.21. The highest BCUT2D eigenvalue weighted by Gasteiger charge is 2.22. The second kappa shape index (κ2) is 9.73. The standard InChI is InChI=1S/C22H32N4O2/c1-4-28-20-8-6-5-7-19(20)24-21(27)16-25-12-9-18(10-13-25)15-26-14-11-23-22(26)17(2)3/h5-8,11,14,17-18H,4,9-10,12-13,15-16H2,1-3H3,(H,24,27). The number of ether oxygens (including phenoxy) is 1. The predicted octanol–water partition coefficient (Wildman–Crippen LogP) is 3.76. The lowest BCUT2D eigenvalue weighted by Crippen LogP contribution is -2.40. The van der Waals surface area contributed by atoms with Crippen LogP contribution in [0.3, 0.4) is 0 Å². The third-order valence-corrected chi connectivity index (χ3v) is 5.25. The Morgan fingerprint density at radius 1 is 1.29 bits per heavy atom. The van der Waals surface area contributed by atoms with Crippen LogP contribution in [0.15, 0.2) is 36.7 Å². The number of hydrogen-bond donors (Lipinski definition) is 1. The fraction of sp³-hybridized carbons (Fsp3) is 0.545. The summed E-state index contributed by atoms with van der Waals surface area (Å²) in [5.74, 6) is 2.98. The molecule has 1 saturated heterocycles. The molecule has 0 radical (unpaired) electrons. The number of likely N-dealkylation sites (tertiary alicyclic amines) is 1. The molecular formula is C22H32N4O2. The molecule has 0 unspecified atom stereocenters. The van der Waals surface area contributed by atoms with E-state index in [0.29, 0.717) is 25.0 Å². The first kappa shape index (κ1) is 20.4. The van der Waals surface area contributed by atoms with Crippen LogP contribution in [0.2, 0.25) is 0 Å². The van der Waals surface area contributed by atoms with Gasteiger partial charge in [-0.3, -0.25) is 9.69 Å². The van der Waals surface area contributed by atoms with Gasteiger partial charge in [0.25, 0.3) is 0 Å². The molecule has 0 bridgehead atoms. The van der Waals surface area contributed by atoms with Gasteiger partial charge in [-0.1, -0.05) is 26.0 Å². The van der Waals surface area contributed by atoms with Gasteiger partial charge in [0.05, 0.1) is 18.8 Å². The Morgan fingerprint density at radius 3 is 2.75 bits per heavy atom. The van der Waals surface area contributed by atoms with Gasteiger partial charge in [-0.25, -0.2) is 4.98 Å². The Hall–Kier alpha value is -2.34. The number of carbonyl (C=O) groups is 1. The molecular weight excluding hydrogens is 352 g/mol. The first-order chi connectivity index (χ1) is 13.6. The third kappa shape index (κ3) is 5.35. The van der Waals surface area contributed by atoms with E-state index in [-0.39, 0.29) is 5.91 Å². The van der Waals surface area contributed by atoms with Gasteiger partial charge in [-0.15, -0.1) is 0 Å². The zero-order chi connectivity index (χ0) is 19.9. The number of imidazole rings is 1. The Balaban J connectivity index is 1.46. The van der Waals surface area contributed by atoms with Crippen molar-refractivity contribution in [2.24, 2.45) is 5.92 Å². The van der Waals surface area contributed by atoms with Crippen LogP contribution >= 0.6 is 0 Å². The normalized spacial score (nSPS) is 15.7. The number of para-hydroxylation sites is 2. The monoisotopic (exact) mass is 384 g/mol. The van der Waals surface area contributed by atoms with Crippen LogP contribution in [0.1, 0.15) is 45.4 Å². The van der Waals surface area contributed by atoms with E-state index in [1.165, 1.54) is 0 Å². The highest BCUT2D eigenvalue weighted by Crippen LogP contribution is 2.24. The number of nitrogens with one attached hydrogen (secondary N) is 1. The second-order valence-corrected chi connectivity index (χ2v) is 7.79. The average Bonchev–Trinajstić information content (AvgIpc) is 3.13. The summed E-state index contributed by atoms with van der Waals surface area (Å²) in [5, 5.41) is 2.99. The first-order valence-corrected chi connectivity index (χ1v) is 10.3. The van der Waals surface area contributed by atoms with Crippen molar-refractivity contribution in [3.8, 4) is 5.75 Å². The van der Waals surface area contributed by atoms with Crippen molar-refractivity contribution < 1.29 is 9.53 Å². The second-order valence-electron chi connectivity index (χ2n) is 7.79. The van der Waals surface area contributed by atoms with Crippen LogP contribution < -0.4 is 10.1 Å². The fourth-order valence-corrected chi connectivity index (χ4v) is 3.83. The molecule has 6 heteroatoms. The van der Waals surface area contributed by atoms with E-state index >= 15 is 0 Å². The summed E-state index contributed by atoms with van der Waals surface area (Å²) in [6.45, 7) is 10.2. The topological polar surface area (TPSA) is 59.4 Å². The lowest BCUT2D eigenvalue weighted by atomic mass is 9.96. The van der Waals surface area contributed by atoms with Gasteiger partial charge < -0.3 is 14.6 Å². The number of nitrogens with zero attached hydrogens (tertiary/aromatic N) is 3. The molecule has 2 aromatic rings. The first-order valence-electron chi connectivity index (χ1n) is 10.3. The van der Waals surface area contributed by atoms with E-state index in [4.69, 9.17) is 4.74 Å². The summed E-state index contributed by atoms with van der Waals surface area (Å²) in [5.41, 5.74) is 0.741. The molecule has 1 aliphatic rings. The number of hydrogen-bond acceptors (Lipinski definition) is 4. The zero-order valence-corrected chi connectivity index (χ0v) is 17.2. The highest BCUT2D eigenvalue weighted by atomic mass is 16.5. The van der Waals surface area contributed by atoms with Crippen LogP contribution in [-0.4, -0.2) is 46.6 Å². The summed E-state index contributed by atoms with van der Waals surface area (Å²) in [4.78, 5) is 19.2. The fourth-order valence-electron chi connectivity index (χ4n) is 3.83. The summed E-state index contributed by atoms with van der Waals surface area (Å²) in [6, 6.07) is 7.58. The SMILES string of the molecule is CCOc1ccccc1NC(=O)CN1CCC(Cn2ccnc2C(C)C)CC1. The molecule has 28 heavy (non-hydrogen) atoms. The molecule has 0 atom stereocenters. The van der Waals surface area contributed by atoms with Gasteiger partial charge in [-0.05, 0) is 50.9 Å². The van der Waals surface area contributed by atoms with Gasteiger partial charge >= 0.3 is 0 Å². The van der Waals surface area contributed by atoms with E-state index in [0.717, 1.165) is 49.7 Å². The molecule has 6 nitrogen and oxygen atoms in total. The maximum Gasteiger partial charge on any atom is 0.238 e. The molecule has 152 valence electrons. The number of benzene rings is 1. The highest BCUT2D eigenvalue weighted by molar-refractivity contribution is 5.93. The van der Waals surface area contributed by atoms with E-state index < -0.39 is 0 Å². The minimum atomic E-state index is 0.0160. The Labute approximate surface area is 167 Å². The summed E-state index contributed by atoms with van der Waals surface area (Å²) in [7, 11) is 0. The molecule has 1 aliphatic heterocycles. The third-order valence-electron chi connectivity index (χ3n) is 5.25. The molecule has 1 fully saturated rings. The molecule has 0 aliphatic carbocycles. The maximum atomic E-state index is 12.5. The van der Waals surface area contributed by atoms with Crippen molar-refractivity contribution in [2.45, 2.75) is 46.1 Å². The smallest absolute Gasteiger partial charge is 0.238 e. The van der Waals surface area contributed by atoms with Crippen LogP contribution in [0.25, 0.3) is 0 Å². The predicted molar refractivity (Wildman–Crippen MR) is 112 cm³/mol. The lowest BCUT2D eigenvalue weighted by molar-refractivity contribution is -0.117. The number of carbonyl (C=O) groups excluding carboxylic acids is 1. The quantitative estimate of drug-likeness (QED) is 0.753. The molecule has 2 heterocycles. The molecule has 1 amide bonds. The number of aromatic nitrogens is 2. The zero-order valence-electron chi connectivity index (χ0n) is 17.2. The van der Waals surface area contributed by atoms with E-state index in [2.05, 4.69) is 39.8 Å². The van der Waals surface area contributed by atoms with Gasteiger partial charge in [-0.2, -0.15) is 0 Å². The Bertz CT molecular complexity index is 763. The van der Waals surface area contributed by atoms with Crippen LogP contribution in [0.4, 0.5) is 5.69 Å². The Kier molecular flexibility index (Phi) is 7.09. The van der Waals surface area contributed by atoms with Crippen LogP contribution in [0.5, 0.6) is 5.75 Å².